The highest BCUT2D eigenvalue weighted by Gasteiger charge is 2.21. The van der Waals surface area contributed by atoms with E-state index in [1.54, 1.807) is 0 Å². The Labute approximate surface area is 219 Å². The molecule has 0 heterocycles. The van der Waals surface area contributed by atoms with Crippen molar-refractivity contribution in [2.45, 2.75) is 150 Å². The van der Waals surface area contributed by atoms with Crippen LogP contribution in [0, 0.1) is 5.92 Å². The van der Waals surface area contributed by atoms with Gasteiger partial charge in [0, 0.05) is 0 Å². The molecule has 35 heavy (non-hydrogen) atoms. The summed E-state index contributed by atoms with van der Waals surface area (Å²) in [4.78, 5) is 12.6. The van der Waals surface area contributed by atoms with Gasteiger partial charge in [-0.1, -0.05) is 118 Å². The van der Waals surface area contributed by atoms with Gasteiger partial charge >= 0.3 is 7.82 Å². The molecule has 0 rings (SSSR count). The van der Waals surface area contributed by atoms with E-state index in [1.165, 1.54) is 90.1 Å². The minimum atomic E-state index is -3.93. The van der Waals surface area contributed by atoms with E-state index in [0.29, 0.717) is 19.1 Å². The summed E-state index contributed by atoms with van der Waals surface area (Å²) in [6.07, 6.45) is 23.2. The van der Waals surface area contributed by atoms with Crippen LogP contribution in [0.4, 0.5) is 0 Å². The van der Waals surface area contributed by atoms with Crippen LogP contribution in [0.2, 0.25) is 0 Å². The van der Waals surface area contributed by atoms with Crippen LogP contribution in [0.5, 0.6) is 0 Å². The third-order valence-electron chi connectivity index (χ3n) is 6.95. The van der Waals surface area contributed by atoms with Crippen LogP contribution in [-0.2, 0) is 13.6 Å². The zero-order chi connectivity index (χ0) is 26.0. The Balaban J connectivity index is 4.14. The van der Waals surface area contributed by atoms with Crippen molar-refractivity contribution in [2.75, 3.05) is 32.8 Å². The lowest BCUT2D eigenvalue weighted by molar-refractivity contribution is 0.137. The maximum atomic E-state index is 12.2. The molecule has 0 aliphatic heterocycles. The largest absolute Gasteiger partial charge is 0.472 e. The van der Waals surface area contributed by atoms with E-state index >= 15 is 0 Å². The van der Waals surface area contributed by atoms with Gasteiger partial charge in [0.1, 0.15) is 0 Å². The average molecular weight is 520 g/mol. The van der Waals surface area contributed by atoms with E-state index in [-0.39, 0.29) is 0 Å². The second kappa shape index (κ2) is 25.7. The topological polar surface area (TPSA) is 59.0 Å². The molecule has 0 aliphatic rings. The maximum Gasteiger partial charge on any atom is 0.472 e. The van der Waals surface area contributed by atoms with E-state index in [0.717, 1.165) is 51.5 Å². The summed E-state index contributed by atoms with van der Waals surface area (Å²) in [5, 5.41) is 0. The fourth-order valence-electron chi connectivity index (χ4n) is 4.81. The normalized spacial score (nSPS) is 13.7. The Morgan fingerprint density at radius 2 is 1.00 bits per heavy atom. The molecule has 0 bridgehead atoms. The monoisotopic (exact) mass is 519 g/mol. The molecule has 0 saturated carbocycles. The molecular formula is C29H62NO4P. The van der Waals surface area contributed by atoms with Gasteiger partial charge in [0.05, 0.1) is 13.2 Å². The number of unbranched alkanes of at least 4 members (excludes halogenated alkanes) is 11. The molecule has 1 unspecified atom stereocenters. The molecule has 0 amide bonds. The maximum absolute atomic E-state index is 12.2. The first kappa shape index (κ1) is 35.1. The highest BCUT2D eigenvalue weighted by atomic mass is 31.2. The van der Waals surface area contributed by atoms with E-state index in [2.05, 4.69) is 32.6 Å². The Bertz CT molecular complexity index is 456. The van der Waals surface area contributed by atoms with E-state index in [1.807, 2.05) is 0 Å². The number of nitrogens with zero attached hydrogens (tertiary/aromatic N) is 1. The number of phosphoric ester groups is 1. The van der Waals surface area contributed by atoms with Crippen LogP contribution < -0.4 is 0 Å². The van der Waals surface area contributed by atoms with Crippen molar-refractivity contribution in [1.29, 1.82) is 0 Å². The van der Waals surface area contributed by atoms with Crippen molar-refractivity contribution < 1.29 is 18.5 Å². The first-order valence-electron chi connectivity index (χ1n) is 15.3. The van der Waals surface area contributed by atoms with Gasteiger partial charge in [-0.2, -0.15) is 0 Å². The molecular weight excluding hydrogens is 457 g/mol. The van der Waals surface area contributed by atoms with Crippen molar-refractivity contribution in [3.05, 3.63) is 0 Å². The van der Waals surface area contributed by atoms with E-state index < -0.39 is 7.82 Å². The van der Waals surface area contributed by atoms with Crippen LogP contribution >= 0.6 is 7.82 Å². The van der Waals surface area contributed by atoms with Gasteiger partial charge < -0.3 is 9.79 Å². The Morgan fingerprint density at radius 1 is 0.571 bits per heavy atom. The number of hydrogen-bond acceptors (Lipinski definition) is 4. The van der Waals surface area contributed by atoms with Crippen molar-refractivity contribution in [2.24, 2.45) is 5.92 Å². The third-order valence-corrected chi connectivity index (χ3v) is 7.97. The fourth-order valence-corrected chi connectivity index (χ4v) is 5.58. The van der Waals surface area contributed by atoms with Crippen molar-refractivity contribution in [3.8, 4) is 0 Å². The lowest BCUT2D eigenvalue weighted by atomic mass is 9.95. The highest BCUT2D eigenvalue weighted by Crippen LogP contribution is 2.43. The van der Waals surface area contributed by atoms with Crippen LogP contribution in [0.25, 0.3) is 0 Å². The first-order valence-corrected chi connectivity index (χ1v) is 16.8. The van der Waals surface area contributed by atoms with Crippen molar-refractivity contribution >= 4 is 7.82 Å². The SMILES string of the molecule is CCCCCCCCN(CCCCCCCC)CCCCOP(=O)(O)OCCC(CCC)CCC. The van der Waals surface area contributed by atoms with Gasteiger partial charge in [-0.25, -0.2) is 4.57 Å². The molecule has 0 aliphatic carbocycles. The molecule has 5 nitrogen and oxygen atoms in total. The summed E-state index contributed by atoms with van der Waals surface area (Å²) in [7, 11) is -3.93. The molecule has 0 spiro atoms. The lowest BCUT2D eigenvalue weighted by Gasteiger charge is -2.22. The molecule has 0 radical (unpaired) electrons. The summed E-state index contributed by atoms with van der Waals surface area (Å²) >= 11 is 0. The zero-order valence-corrected chi connectivity index (χ0v) is 25.0. The number of rotatable bonds is 28. The van der Waals surface area contributed by atoms with Gasteiger partial charge in [-0.05, 0) is 57.7 Å². The molecule has 0 fully saturated rings. The van der Waals surface area contributed by atoms with E-state index in [4.69, 9.17) is 9.05 Å². The molecule has 0 aromatic heterocycles. The summed E-state index contributed by atoms with van der Waals surface area (Å²) in [5.41, 5.74) is 0. The Morgan fingerprint density at radius 3 is 1.49 bits per heavy atom. The van der Waals surface area contributed by atoms with Crippen LogP contribution in [-0.4, -0.2) is 42.6 Å². The second-order valence-electron chi connectivity index (χ2n) is 10.5. The van der Waals surface area contributed by atoms with Crippen molar-refractivity contribution in [1.82, 2.24) is 4.90 Å². The minimum absolute atomic E-state index is 0.295. The van der Waals surface area contributed by atoms with Crippen LogP contribution in [0.3, 0.4) is 0 Å². The average Bonchev–Trinajstić information content (AvgIpc) is 2.82. The zero-order valence-electron chi connectivity index (χ0n) is 24.1. The summed E-state index contributed by atoms with van der Waals surface area (Å²) < 4.78 is 22.7. The predicted octanol–water partition coefficient (Wildman–Crippen LogP) is 9.53. The molecule has 212 valence electrons. The Hall–Kier alpha value is 0.0700. The first-order chi connectivity index (χ1) is 17.0. The van der Waals surface area contributed by atoms with Gasteiger partial charge in [0.2, 0.25) is 0 Å². The predicted molar refractivity (Wildman–Crippen MR) is 152 cm³/mol. The number of hydrogen-bond donors (Lipinski definition) is 1. The fraction of sp³-hybridized carbons (Fsp3) is 1.00. The van der Waals surface area contributed by atoms with Gasteiger partial charge in [0.25, 0.3) is 0 Å². The van der Waals surface area contributed by atoms with E-state index in [9.17, 15) is 9.46 Å². The van der Waals surface area contributed by atoms with Gasteiger partial charge in [0.15, 0.2) is 0 Å². The smallest absolute Gasteiger partial charge is 0.303 e. The molecule has 1 atom stereocenters. The summed E-state index contributed by atoms with van der Waals surface area (Å²) in [6, 6.07) is 0. The van der Waals surface area contributed by atoms with Crippen molar-refractivity contribution in [3.63, 3.8) is 0 Å². The standard InChI is InChI=1S/C29H62NO4P/c1-5-9-11-13-15-17-24-30(25-18-16-14-12-10-6-2)26-19-20-27-33-35(31,32)34-28-23-29(21-7-3)22-8-4/h29H,5-28H2,1-4H3,(H,31,32). The molecule has 6 heteroatoms. The summed E-state index contributed by atoms with van der Waals surface area (Å²) in [5.74, 6) is 0.578. The Kier molecular flexibility index (Phi) is 25.8. The molecule has 0 aromatic carbocycles. The minimum Gasteiger partial charge on any atom is -0.303 e. The third kappa shape index (κ3) is 24.2. The highest BCUT2D eigenvalue weighted by molar-refractivity contribution is 7.47. The number of phosphoric acid groups is 1. The van der Waals surface area contributed by atoms with Crippen LogP contribution in [0.15, 0.2) is 0 Å². The molecule has 0 aromatic rings. The quantitative estimate of drug-likeness (QED) is 0.0823. The van der Waals surface area contributed by atoms with Gasteiger partial charge in [-0.15, -0.1) is 0 Å². The van der Waals surface area contributed by atoms with Gasteiger partial charge in [-0.3, -0.25) is 9.05 Å². The lowest BCUT2D eigenvalue weighted by Crippen LogP contribution is -2.27. The molecule has 1 N–H and O–H groups in total. The summed E-state index contributed by atoms with van der Waals surface area (Å²) in [6.45, 7) is 12.9. The second-order valence-corrected chi connectivity index (χ2v) is 11.9. The van der Waals surface area contributed by atoms with Crippen LogP contribution in [0.1, 0.15) is 150 Å². The molecule has 0 saturated heterocycles.